The van der Waals surface area contributed by atoms with Crippen LogP contribution in [0.4, 0.5) is 0 Å². The molecule has 1 atom stereocenters. The number of hydrogen-bond acceptors (Lipinski definition) is 1. The predicted molar refractivity (Wildman–Crippen MR) is 119 cm³/mol. The molecule has 1 unspecified atom stereocenters. The van der Waals surface area contributed by atoms with Crippen LogP contribution in [0.1, 0.15) is 41.7 Å². The molecule has 0 saturated heterocycles. The van der Waals surface area contributed by atoms with Crippen LogP contribution >= 0.6 is 18.6 Å². The second kappa shape index (κ2) is 4.97. The van der Waals surface area contributed by atoms with E-state index < -0.39 is 10.1 Å². The van der Waals surface area contributed by atoms with Crippen LogP contribution in [0.25, 0.3) is 5.57 Å². The van der Waals surface area contributed by atoms with Gasteiger partial charge in [-0.15, -0.1) is 0 Å². The second-order valence-electron chi connectivity index (χ2n) is 11.3. The first kappa shape index (κ1) is 20.4. The minimum atomic E-state index is -5.07. The first-order valence-electron chi connectivity index (χ1n) is 9.32. The molecule has 1 nitrogen and oxygen atoms in total. The van der Waals surface area contributed by atoms with Gasteiger partial charge in [0.15, 0.2) is 0 Å². The molecule has 1 aliphatic rings. The van der Waals surface area contributed by atoms with Crippen LogP contribution in [0.3, 0.4) is 0 Å². The molecule has 2 aromatic rings. The molecule has 5 heteroatoms. The Morgan fingerprint density at radius 3 is 2.04 bits per heavy atom. The fourth-order valence-electron chi connectivity index (χ4n) is 4.95. The molecular weight excluding hydrogens is 413 g/mol. The van der Waals surface area contributed by atoms with E-state index in [1.807, 2.05) is 6.07 Å². The van der Waals surface area contributed by atoms with Gasteiger partial charge in [-0.2, -0.15) is 0 Å². The van der Waals surface area contributed by atoms with E-state index in [1.54, 1.807) is 0 Å². The van der Waals surface area contributed by atoms with Crippen LogP contribution in [0.5, 0.6) is 0 Å². The third-order valence-corrected chi connectivity index (χ3v) is 19.3. The van der Waals surface area contributed by atoms with E-state index in [0.717, 1.165) is 0 Å². The summed E-state index contributed by atoms with van der Waals surface area (Å²) in [6, 6.07) is 19.1. The Balaban J connectivity index is 2.30. The van der Waals surface area contributed by atoms with E-state index in [2.05, 4.69) is 89.6 Å². The van der Waals surface area contributed by atoms with Crippen molar-refractivity contribution in [2.24, 2.45) is 0 Å². The standard InChI is InChI=1S/C15H11.C4H10N.2CH3.2ClH.H3Si.Ti/c1-2-6-12(7-3-1)15-11-10-13-8-4-5-9-14(13)15;1-4(2,3)5;;;;;;/h1-11H;5H,1-3H3;2*1H3;2*1H;1H3;/q;-1;;;;;;+3/p-2. The average molecular weight is 443 g/mol. The van der Waals surface area contributed by atoms with Crippen molar-refractivity contribution in [1.82, 2.24) is 3.80 Å². The van der Waals surface area contributed by atoms with Crippen LogP contribution < -0.4 is 3.80 Å². The number of allylic oxidation sites excluding steroid dienone is 1. The van der Waals surface area contributed by atoms with E-state index in [9.17, 15) is 0 Å². The van der Waals surface area contributed by atoms with Gasteiger partial charge in [0, 0.05) is 0 Å². The number of nitrogens with one attached hydrogen (secondary N) is 1. The zero-order chi connectivity index (χ0) is 19.5. The van der Waals surface area contributed by atoms with Crippen molar-refractivity contribution in [2.75, 3.05) is 0 Å². The summed E-state index contributed by atoms with van der Waals surface area (Å²) < 4.78 is 3.79. The van der Waals surface area contributed by atoms with Crippen LogP contribution in [-0.4, -0.2) is 13.6 Å². The summed E-state index contributed by atoms with van der Waals surface area (Å²) in [5.41, 5.74) is 4.74. The zero-order valence-corrected chi connectivity index (χ0v) is 21.7. The van der Waals surface area contributed by atoms with Crippen molar-refractivity contribution in [3.05, 3.63) is 77.4 Å². The van der Waals surface area contributed by atoms with E-state index in [0.29, 0.717) is 8.11 Å². The zero-order valence-electron chi connectivity index (χ0n) is 16.6. The summed E-state index contributed by atoms with van der Waals surface area (Å²) in [4.78, 5) is 0. The molecular formula is C21H30Cl2NSiTi. The van der Waals surface area contributed by atoms with Gasteiger partial charge in [-0.25, -0.2) is 0 Å². The molecule has 0 bridgehead atoms. The summed E-state index contributed by atoms with van der Waals surface area (Å²) in [6.45, 7) is 6.44. The molecule has 0 radical (unpaired) electrons. The van der Waals surface area contributed by atoms with Gasteiger partial charge in [-0.05, 0) is 0 Å². The molecule has 0 amide bonds. The Bertz CT molecular complexity index is 915. The third kappa shape index (κ3) is 3.92. The Morgan fingerprint density at radius 1 is 0.923 bits per heavy atom. The van der Waals surface area contributed by atoms with E-state index >= 15 is 0 Å². The molecule has 0 aromatic heterocycles. The number of rotatable bonds is 3. The number of benzene rings is 2. The Hall–Kier alpha value is -0.349. The predicted octanol–water partition coefficient (Wildman–Crippen LogP) is 5.92. The molecule has 0 spiro atoms. The normalized spacial score (nSPS) is 21.9. The first-order valence-corrected chi connectivity index (χ1v) is 24.1. The number of fused-ring (bicyclic) bond motifs is 1. The molecule has 2 aromatic carbocycles. The van der Waals surface area contributed by atoms with Crippen molar-refractivity contribution in [3.8, 4) is 0 Å². The van der Waals surface area contributed by atoms with Gasteiger partial charge in [-0.3, -0.25) is 0 Å². The summed E-state index contributed by atoms with van der Waals surface area (Å²) in [6.07, 6.45) is 2.32. The van der Waals surface area contributed by atoms with Gasteiger partial charge in [0.25, 0.3) is 0 Å². The summed E-state index contributed by atoms with van der Waals surface area (Å²) in [7, 11) is 11.0. The van der Waals surface area contributed by atoms with Crippen LogP contribution in [0, 0.1) is 0 Å². The molecule has 3 rings (SSSR count). The van der Waals surface area contributed by atoms with Gasteiger partial charge in [-0.1, -0.05) is 0 Å². The Kier molecular flexibility index (Phi) is 3.90. The Morgan fingerprint density at radius 2 is 1.46 bits per heavy atom. The third-order valence-electron chi connectivity index (χ3n) is 5.24. The van der Waals surface area contributed by atoms with Crippen molar-refractivity contribution < 1.29 is 10.1 Å². The summed E-state index contributed by atoms with van der Waals surface area (Å²) in [5, 5.41) is 4.29. The fraction of sp³-hybridized carbons (Fsp3) is 0.333. The van der Waals surface area contributed by atoms with E-state index in [-0.39, 0.29) is 9.76 Å². The molecule has 26 heavy (non-hydrogen) atoms. The molecule has 141 valence electrons. The maximum atomic E-state index is 7.72. The van der Waals surface area contributed by atoms with Crippen molar-refractivity contribution in [1.29, 1.82) is 0 Å². The van der Waals surface area contributed by atoms with Gasteiger partial charge in [0.05, 0.1) is 0 Å². The van der Waals surface area contributed by atoms with Crippen molar-refractivity contribution >= 4 is 32.3 Å². The van der Waals surface area contributed by atoms with Crippen LogP contribution in [0.15, 0.2) is 60.7 Å². The molecule has 0 aliphatic heterocycles. The van der Waals surface area contributed by atoms with E-state index in [4.69, 9.17) is 18.6 Å². The fourth-order valence-corrected chi connectivity index (χ4v) is 23.0. The van der Waals surface area contributed by atoms with Gasteiger partial charge in [0.2, 0.25) is 0 Å². The molecule has 1 N–H and O–H groups in total. The maximum absolute atomic E-state index is 7.72. The molecule has 0 fully saturated rings. The van der Waals surface area contributed by atoms with Crippen LogP contribution in [-0.2, 0) is 10.1 Å². The molecule has 0 heterocycles. The quantitative estimate of drug-likeness (QED) is 0.581. The number of halogens is 2. The van der Waals surface area contributed by atoms with Gasteiger partial charge < -0.3 is 0 Å². The van der Waals surface area contributed by atoms with Crippen LogP contribution in [0.2, 0.25) is 10.5 Å². The minimum absolute atomic E-state index is 0.0199. The molecule has 1 aliphatic carbocycles. The summed E-state index contributed by atoms with van der Waals surface area (Å²) >= 11 is 0. The topological polar surface area (TPSA) is 12.0 Å². The molecule has 0 saturated carbocycles. The number of hydrogen-bond donors (Lipinski definition) is 1. The van der Waals surface area contributed by atoms with E-state index in [1.165, 1.54) is 22.3 Å². The Labute approximate surface area is 163 Å². The first-order chi connectivity index (χ1) is 11.5. The van der Waals surface area contributed by atoms with Gasteiger partial charge in [0.1, 0.15) is 0 Å². The average Bonchev–Trinajstić information content (AvgIpc) is 2.85. The monoisotopic (exact) mass is 442 g/mol. The van der Waals surface area contributed by atoms with Gasteiger partial charge >= 0.3 is 165 Å². The van der Waals surface area contributed by atoms with Crippen molar-refractivity contribution in [2.45, 2.75) is 41.0 Å². The SMILES string of the molecule is CC(C)(C)[NH][Ti]([CH3])([CH3])([SiH3])([Cl])([Cl])[CH]1C=C(c2ccccc2)c2ccccc21. The summed E-state index contributed by atoms with van der Waals surface area (Å²) in [5.74, 6) is 0. The second-order valence-corrected chi connectivity index (χ2v) is 64.9. The van der Waals surface area contributed by atoms with Crippen molar-refractivity contribution in [3.63, 3.8) is 0 Å².